The lowest BCUT2D eigenvalue weighted by atomic mass is 10.0. The third-order valence-corrected chi connectivity index (χ3v) is 6.97. The van der Waals surface area contributed by atoms with Crippen molar-refractivity contribution in [3.63, 3.8) is 0 Å². The van der Waals surface area contributed by atoms with E-state index in [4.69, 9.17) is 29.4 Å². The highest BCUT2D eigenvalue weighted by molar-refractivity contribution is 6.02. The zero-order valence-corrected chi connectivity index (χ0v) is 27.6. The predicted molar refractivity (Wildman–Crippen MR) is 171 cm³/mol. The van der Waals surface area contributed by atoms with Gasteiger partial charge in [-0.25, -0.2) is 4.79 Å². The predicted octanol–water partition coefficient (Wildman–Crippen LogP) is 1.77. The molecule has 1 fully saturated rings. The fourth-order valence-electron chi connectivity index (χ4n) is 4.73. The Labute approximate surface area is 271 Å². The van der Waals surface area contributed by atoms with Gasteiger partial charge in [-0.15, -0.1) is 0 Å². The molecule has 14 heteroatoms. The van der Waals surface area contributed by atoms with E-state index in [9.17, 15) is 19.2 Å². The average molecular weight is 650 g/mol. The average Bonchev–Trinajstić information content (AvgIpc) is 3.53. The van der Waals surface area contributed by atoms with E-state index in [0.29, 0.717) is 64.4 Å². The molecule has 46 heavy (non-hydrogen) atoms. The number of aliphatic imine (C=N–C) groups is 1. The molecule has 0 saturated carbocycles. The van der Waals surface area contributed by atoms with E-state index in [1.807, 2.05) is 20.8 Å². The number of likely N-dealkylation sites (tertiary alicyclic amines) is 1. The number of amides is 3. The van der Waals surface area contributed by atoms with Gasteiger partial charge in [0.2, 0.25) is 11.8 Å². The molecule has 1 aromatic rings. The highest BCUT2D eigenvalue weighted by atomic mass is 16.6. The van der Waals surface area contributed by atoms with Gasteiger partial charge in [-0.1, -0.05) is 38.1 Å². The molecule has 1 heterocycles. The third-order valence-electron chi connectivity index (χ3n) is 6.97. The van der Waals surface area contributed by atoms with Crippen LogP contribution in [0.2, 0.25) is 0 Å². The van der Waals surface area contributed by atoms with Crippen molar-refractivity contribution in [3.8, 4) is 0 Å². The van der Waals surface area contributed by atoms with E-state index < -0.39 is 24.1 Å². The van der Waals surface area contributed by atoms with Crippen LogP contribution in [-0.2, 0) is 44.6 Å². The van der Waals surface area contributed by atoms with Crippen LogP contribution >= 0.6 is 0 Å². The van der Waals surface area contributed by atoms with Gasteiger partial charge < -0.3 is 39.6 Å². The van der Waals surface area contributed by atoms with Gasteiger partial charge in [0.1, 0.15) is 18.5 Å². The number of nitrogens with one attached hydrogen (secondary N) is 2. The standard InChI is InChI=1S/C32H51N5O9/c1-5-42-14-15-43-16-17-44-18-19-46-32(41)36-29(33)25-11-9-24(10-12-25)21-35-30(39)27-8-7-13-37(27)31(40)26(20-23(3)4)34-22-28(38)45-6-2/h9-12,23,26-27,34H,5-8,13-22H2,1-4H3,(H,35,39)(H2,33,36,41)/t26?,27-/m0/s1. The summed E-state index contributed by atoms with van der Waals surface area (Å²) < 4.78 is 25.8. The highest BCUT2D eigenvalue weighted by Crippen LogP contribution is 2.21. The molecular formula is C32H51N5O9. The normalized spacial score (nSPS) is 15.5. The molecule has 4 N–H and O–H groups in total. The van der Waals surface area contributed by atoms with Gasteiger partial charge in [-0.2, -0.15) is 4.99 Å². The third kappa shape index (κ3) is 14.7. The molecule has 0 radical (unpaired) electrons. The van der Waals surface area contributed by atoms with Crippen LogP contribution in [0.5, 0.6) is 0 Å². The van der Waals surface area contributed by atoms with Crippen molar-refractivity contribution in [1.29, 1.82) is 0 Å². The number of benzene rings is 1. The number of amidine groups is 1. The van der Waals surface area contributed by atoms with Crippen LogP contribution < -0.4 is 16.4 Å². The van der Waals surface area contributed by atoms with E-state index >= 15 is 0 Å². The summed E-state index contributed by atoms with van der Waals surface area (Å²) >= 11 is 0. The molecule has 0 aromatic heterocycles. The van der Waals surface area contributed by atoms with Gasteiger partial charge >= 0.3 is 12.1 Å². The monoisotopic (exact) mass is 649 g/mol. The minimum absolute atomic E-state index is 0.00294. The summed E-state index contributed by atoms with van der Waals surface area (Å²) in [6.45, 7) is 11.2. The number of hydrogen-bond acceptors (Lipinski definition) is 10. The number of nitrogens with zero attached hydrogens (tertiary/aromatic N) is 2. The van der Waals surface area contributed by atoms with Crippen molar-refractivity contribution in [2.24, 2.45) is 16.6 Å². The van der Waals surface area contributed by atoms with Gasteiger partial charge in [0.15, 0.2) is 0 Å². The molecule has 1 unspecified atom stereocenters. The van der Waals surface area contributed by atoms with Crippen molar-refractivity contribution in [3.05, 3.63) is 35.4 Å². The Morgan fingerprint density at radius 3 is 2.22 bits per heavy atom. The highest BCUT2D eigenvalue weighted by Gasteiger charge is 2.37. The molecule has 1 aliphatic rings. The Bertz CT molecular complexity index is 1110. The Morgan fingerprint density at radius 1 is 0.935 bits per heavy atom. The molecule has 1 aliphatic heterocycles. The molecule has 0 bridgehead atoms. The van der Waals surface area contributed by atoms with Crippen LogP contribution in [0.1, 0.15) is 58.1 Å². The summed E-state index contributed by atoms with van der Waals surface area (Å²) in [5.74, 6) is -0.661. The summed E-state index contributed by atoms with van der Waals surface area (Å²) in [6.07, 6.45) is 0.970. The first-order valence-corrected chi connectivity index (χ1v) is 16.0. The lowest BCUT2D eigenvalue weighted by molar-refractivity contribution is -0.143. The first kappa shape index (κ1) is 38.6. The fraction of sp³-hybridized carbons (Fsp3) is 0.656. The second kappa shape index (κ2) is 22.0. The summed E-state index contributed by atoms with van der Waals surface area (Å²) in [7, 11) is 0. The van der Waals surface area contributed by atoms with Crippen LogP contribution in [-0.4, -0.2) is 113 Å². The summed E-state index contributed by atoms with van der Waals surface area (Å²) in [6, 6.07) is 5.74. The van der Waals surface area contributed by atoms with Gasteiger partial charge in [0.25, 0.3) is 0 Å². The number of nitrogens with two attached hydrogens (primary N) is 1. The van der Waals surface area contributed by atoms with Crippen LogP contribution in [0.25, 0.3) is 0 Å². The van der Waals surface area contributed by atoms with Crippen LogP contribution in [0.3, 0.4) is 0 Å². The number of carbonyl (C=O) groups excluding carboxylic acids is 4. The molecule has 1 aromatic carbocycles. The molecule has 0 aliphatic carbocycles. The fourth-order valence-corrected chi connectivity index (χ4v) is 4.73. The Hall–Kier alpha value is -3.59. The van der Waals surface area contributed by atoms with E-state index in [-0.39, 0.29) is 56.5 Å². The lowest BCUT2D eigenvalue weighted by Gasteiger charge is -2.29. The van der Waals surface area contributed by atoms with Crippen LogP contribution in [0.4, 0.5) is 4.79 Å². The molecule has 2 atom stereocenters. The first-order valence-electron chi connectivity index (χ1n) is 16.0. The zero-order valence-electron chi connectivity index (χ0n) is 27.6. The summed E-state index contributed by atoms with van der Waals surface area (Å²) in [5, 5.41) is 5.94. The Kier molecular flexibility index (Phi) is 18.5. The van der Waals surface area contributed by atoms with E-state index in [1.54, 1.807) is 36.1 Å². The van der Waals surface area contributed by atoms with Crippen LogP contribution in [0, 0.1) is 5.92 Å². The van der Waals surface area contributed by atoms with E-state index in [2.05, 4.69) is 15.6 Å². The maximum atomic E-state index is 13.4. The van der Waals surface area contributed by atoms with Crippen molar-refractivity contribution in [1.82, 2.24) is 15.5 Å². The molecule has 1 saturated heterocycles. The SMILES string of the molecule is CCOCCOCCOCCOC(=O)N=C(N)c1ccc(CNC(=O)[C@@H]2CCCN2C(=O)C(CC(C)C)NCC(=O)OCC)cc1. The Morgan fingerprint density at radius 2 is 1.59 bits per heavy atom. The minimum atomic E-state index is -0.826. The number of esters is 1. The minimum Gasteiger partial charge on any atom is -0.465 e. The Balaban J connectivity index is 1.80. The van der Waals surface area contributed by atoms with E-state index in [0.717, 1.165) is 5.56 Å². The first-order chi connectivity index (χ1) is 22.2. The second-order valence-electron chi connectivity index (χ2n) is 11.0. The molecule has 2 rings (SSSR count). The topological polar surface area (TPSA) is 180 Å². The van der Waals surface area contributed by atoms with E-state index in [1.165, 1.54) is 0 Å². The number of rotatable bonds is 21. The maximum absolute atomic E-state index is 13.4. The molecular weight excluding hydrogens is 598 g/mol. The largest absolute Gasteiger partial charge is 0.465 e. The number of ether oxygens (including phenoxy) is 5. The quantitative estimate of drug-likeness (QED) is 0.0765. The zero-order chi connectivity index (χ0) is 33.7. The number of carbonyl (C=O) groups is 4. The van der Waals surface area contributed by atoms with Crippen molar-refractivity contribution in [2.75, 3.05) is 65.9 Å². The maximum Gasteiger partial charge on any atom is 0.435 e. The summed E-state index contributed by atoms with van der Waals surface area (Å²) in [4.78, 5) is 55.8. The van der Waals surface area contributed by atoms with Crippen molar-refractivity contribution < 1.29 is 42.9 Å². The van der Waals surface area contributed by atoms with Crippen molar-refractivity contribution in [2.45, 2.75) is 65.6 Å². The van der Waals surface area contributed by atoms with Crippen molar-refractivity contribution >= 4 is 29.7 Å². The van der Waals surface area contributed by atoms with Gasteiger partial charge in [0.05, 0.1) is 52.2 Å². The second-order valence-corrected chi connectivity index (χ2v) is 11.0. The molecule has 0 spiro atoms. The van der Waals surface area contributed by atoms with Gasteiger partial charge in [-0.3, -0.25) is 19.7 Å². The molecule has 3 amide bonds. The lowest BCUT2D eigenvalue weighted by Crippen LogP contribution is -2.53. The van der Waals surface area contributed by atoms with Crippen LogP contribution in [0.15, 0.2) is 29.3 Å². The molecule has 14 nitrogen and oxygen atoms in total. The van der Waals surface area contributed by atoms with Gasteiger partial charge in [0, 0.05) is 25.3 Å². The summed E-state index contributed by atoms with van der Waals surface area (Å²) in [5.41, 5.74) is 7.30. The molecule has 258 valence electrons. The number of hydrogen-bond donors (Lipinski definition) is 3. The smallest absolute Gasteiger partial charge is 0.435 e. The van der Waals surface area contributed by atoms with Gasteiger partial charge in [-0.05, 0) is 44.6 Å².